The van der Waals surface area contributed by atoms with Crippen molar-refractivity contribution in [1.29, 1.82) is 0 Å². The number of aryl methyl sites for hydroxylation is 3. The third-order valence-electron chi connectivity index (χ3n) is 5.37. The molecule has 0 aliphatic heterocycles. The van der Waals surface area contributed by atoms with Crippen molar-refractivity contribution in [2.75, 3.05) is 18.2 Å². The van der Waals surface area contributed by atoms with Gasteiger partial charge in [-0.1, -0.05) is 11.8 Å². The average Bonchev–Trinajstić information content (AvgIpc) is 3.46. The van der Waals surface area contributed by atoms with Crippen molar-refractivity contribution in [2.24, 2.45) is 0 Å². The summed E-state index contributed by atoms with van der Waals surface area (Å²) in [6.45, 7) is 0. The number of rotatable bonds is 5. The lowest BCUT2D eigenvalue weighted by Crippen LogP contribution is -2.16. The van der Waals surface area contributed by atoms with Gasteiger partial charge in [-0.25, -0.2) is 14.8 Å². The van der Waals surface area contributed by atoms with Gasteiger partial charge in [0.25, 0.3) is 0 Å². The second kappa shape index (κ2) is 7.70. The Hall–Kier alpha value is -1.97. The normalized spacial score (nSPS) is 14.8. The van der Waals surface area contributed by atoms with Crippen molar-refractivity contribution < 1.29 is 14.3 Å². The molecule has 0 unspecified atom stereocenters. The van der Waals surface area contributed by atoms with Crippen LogP contribution in [-0.2, 0) is 35.2 Å². The highest BCUT2D eigenvalue weighted by molar-refractivity contribution is 8.00. The molecule has 2 aliphatic carbocycles. The van der Waals surface area contributed by atoms with Crippen molar-refractivity contribution in [3.8, 4) is 0 Å². The number of methoxy groups -OCH3 is 1. The van der Waals surface area contributed by atoms with Crippen LogP contribution < -0.4 is 5.32 Å². The third kappa shape index (κ3) is 3.35. The molecule has 1 N–H and O–H groups in total. The Morgan fingerprint density at radius 2 is 1.86 bits per heavy atom. The maximum absolute atomic E-state index is 12.7. The van der Waals surface area contributed by atoms with E-state index in [9.17, 15) is 9.59 Å². The van der Waals surface area contributed by atoms with E-state index >= 15 is 0 Å². The first kappa shape index (κ1) is 19.0. The number of carbonyl (C=O) groups is 2. The first-order valence-corrected chi connectivity index (χ1v) is 12.2. The van der Waals surface area contributed by atoms with Crippen molar-refractivity contribution in [3.63, 3.8) is 0 Å². The number of anilines is 1. The van der Waals surface area contributed by atoms with E-state index in [0.29, 0.717) is 10.6 Å². The van der Waals surface area contributed by atoms with Gasteiger partial charge in [-0.05, 0) is 49.7 Å². The van der Waals surface area contributed by atoms with Gasteiger partial charge in [0.15, 0.2) is 0 Å². The molecule has 0 saturated heterocycles. The number of carbonyl (C=O) groups excluding carboxylic acids is 2. The van der Waals surface area contributed by atoms with Crippen LogP contribution in [0, 0.1) is 0 Å². The Labute approximate surface area is 180 Å². The lowest BCUT2D eigenvalue weighted by Gasteiger charge is -2.07. The molecule has 3 aromatic heterocycles. The van der Waals surface area contributed by atoms with Crippen LogP contribution in [0.1, 0.15) is 44.1 Å². The molecule has 1 amide bonds. The number of thioether (sulfide) groups is 1. The summed E-state index contributed by atoms with van der Waals surface area (Å²) < 4.78 is 4.95. The van der Waals surface area contributed by atoms with Gasteiger partial charge >= 0.3 is 5.97 Å². The van der Waals surface area contributed by atoms with Crippen LogP contribution in [0.5, 0.6) is 0 Å². The molecular formula is C20H19N3O3S3. The predicted molar refractivity (Wildman–Crippen MR) is 116 cm³/mol. The Bertz CT molecular complexity index is 1140. The lowest BCUT2D eigenvalue weighted by molar-refractivity contribution is -0.113. The van der Waals surface area contributed by atoms with Crippen LogP contribution in [0.3, 0.4) is 0 Å². The Kier molecular flexibility index (Phi) is 5.05. The molecule has 6 nitrogen and oxygen atoms in total. The zero-order valence-electron chi connectivity index (χ0n) is 15.9. The molecule has 29 heavy (non-hydrogen) atoms. The largest absolute Gasteiger partial charge is 0.465 e. The molecule has 5 rings (SSSR count). The van der Waals surface area contributed by atoms with Gasteiger partial charge in [-0.15, -0.1) is 22.7 Å². The predicted octanol–water partition coefficient (Wildman–Crippen LogP) is 4.25. The van der Waals surface area contributed by atoms with Gasteiger partial charge in [-0.2, -0.15) is 0 Å². The summed E-state index contributed by atoms with van der Waals surface area (Å²) in [5.74, 6) is -0.280. The molecule has 0 saturated carbocycles. The van der Waals surface area contributed by atoms with Crippen LogP contribution in [0.25, 0.3) is 10.2 Å². The number of amides is 1. The summed E-state index contributed by atoms with van der Waals surface area (Å²) in [5.41, 5.74) is 2.93. The minimum Gasteiger partial charge on any atom is -0.465 e. The van der Waals surface area contributed by atoms with Gasteiger partial charge in [0, 0.05) is 15.1 Å². The van der Waals surface area contributed by atoms with Gasteiger partial charge in [0.1, 0.15) is 21.2 Å². The van der Waals surface area contributed by atoms with Crippen LogP contribution in [0.4, 0.5) is 5.00 Å². The molecule has 3 aromatic rings. The second-order valence-electron chi connectivity index (χ2n) is 7.11. The molecule has 0 fully saturated rings. The fourth-order valence-electron chi connectivity index (χ4n) is 4.12. The highest BCUT2D eigenvalue weighted by Crippen LogP contribution is 2.41. The lowest BCUT2D eigenvalue weighted by atomic mass is 10.1. The smallest absolute Gasteiger partial charge is 0.341 e. The maximum atomic E-state index is 12.7. The zero-order valence-corrected chi connectivity index (χ0v) is 18.3. The van der Waals surface area contributed by atoms with E-state index in [0.717, 1.165) is 52.9 Å². The monoisotopic (exact) mass is 445 g/mol. The van der Waals surface area contributed by atoms with Crippen molar-refractivity contribution in [3.05, 3.63) is 32.8 Å². The average molecular weight is 446 g/mol. The van der Waals surface area contributed by atoms with E-state index in [1.807, 2.05) is 0 Å². The Morgan fingerprint density at radius 3 is 2.66 bits per heavy atom. The zero-order chi connectivity index (χ0) is 20.0. The molecule has 0 spiro atoms. The molecule has 0 aromatic carbocycles. The minimum atomic E-state index is -0.376. The fourth-order valence-corrected chi connectivity index (χ4v) is 7.53. The van der Waals surface area contributed by atoms with Crippen LogP contribution in [0.15, 0.2) is 11.4 Å². The van der Waals surface area contributed by atoms with Crippen molar-refractivity contribution >= 4 is 61.5 Å². The van der Waals surface area contributed by atoms with Gasteiger partial charge in [-0.3, -0.25) is 4.79 Å². The summed E-state index contributed by atoms with van der Waals surface area (Å²) >= 11 is 4.67. The molecule has 9 heteroatoms. The molecule has 0 bridgehead atoms. The summed E-state index contributed by atoms with van der Waals surface area (Å²) in [6.07, 6.45) is 7.79. The number of aromatic nitrogens is 2. The summed E-state index contributed by atoms with van der Waals surface area (Å²) in [4.78, 5) is 37.4. The Balaban J connectivity index is 1.34. The van der Waals surface area contributed by atoms with E-state index < -0.39 is 0 Å². The number of hydrogen-bond acceptors (Lipinski definition) is 8. The number of nitrogens with zero attached hydrogens (tertiary/aromatic N) is 2. The number of ether oxygens (including phenoxy) is 1. The molecule has 3 heterocycles. The van der Waals surface area contributed by atoms with Gasteiger partial charge < -0.3 is 10.1 Å². The topological polar surface area (TPSA) is 81.2 Å². The minimum absolute atomic E-state index is 0.140. The van der Waals surface area contributed by atoms with E-state index in [1.165, 1.54) is 51.9 Å². The second-order valence-corrected chi connectivity index (χ2v) is 10.3. The standard InChI is InChI=1S/C20H19N3O3S3/c1-26-20(25)16-11-5-3-7-13(11)29-19(16)23-14(24)8-27-17-15-10-4-2-6-12(10)28-18(15)22-9-21-17/h9H,2-8H2,1H3,(H,23,24). The molecule has 150 valence electrons. The summed E-state index contributed by atoms with van der Waals surface area (Å²) in [5, 5.41) is 5.53. The summed E-state index contributed by atoms with van der Waals surface area (Å²) in [6, 6.07) is 0. The maximum Gasteiger partial charge on any atom is 0.341 e. The number of thiophene rings is 2. The first-order valence-electron chi connectivity index (χ1n) is 9.56. The van der Waals surface area contributed by atoms with Crippen LogP contribution in [-0.4, -0.2) is 34.7 Å². The van der Waals surface area contributed by atoms with E-state index in [1.54, 1.807) is 17.7 Å². The first-order chi connectivity index (χ1) is 14.2. The molecular weight excluding hydrogens is 426 g/mol. The molecule has 0 radical (unpaired) electrons. The highest BCUT2D eigenvalue weighted by atomic mass is 32.2. The van der Waals surface area contributed by atoms with E-state index in [2.05, 4.69) is 15.3 Å². The Morgan fingerprint density at radius 1 is 1.10 bits per heavy atom. The number of esters is 1. The summed E-state index contributed by atoms with van der Waals surface area (Å²) in [7, 11) is 1.38. The van der Waals surface area contributed by atoms with Gasteiger partial charge in [0.05, 0.1) is 18.4 Å². The van der Waals surface area contributed by atoms with Crippen molar-refractivity contribution in [1.82, 2.24) is 9.97 Å². The number of nitrogens with one attached hydrogen (secondary N) is 1. The highest BCUT2D eigenvalue weighted by Gasteiger charge is 2.28. The fraction of sp³-hybridized carbons (Fsp3) is 0.400. The van der Waals surface area contributed by atoms with Crippen LogP contribution in [0.2, 0.25) is 0 Å². The van der Waals surface area contributed by atoms with Crippen LogP contribution >= 0.6 is 34.4 Å². The van der Waals surface area contributed by atoms with Gasteiger partial charge in [0.2, 0.25) is 5.91 Å². The number of fused-ring (bicyclic) bond motifs is 4. The number of hydrogen-bond donors (Lipinski definition) is 1. The SMILES string of the molecule is COC(=O)c1c(NC(=O)CSc2ncnc3sc4c(c23)CCC4)sc2c1CCC2. The van der Waals surface area contributed by atoms with E-state index in [4.69, 9.17) is 4.74 Å². The van der Waals surface area contributed by atoms with E-state index in [-0.39, 0.29) is 17.6 Å². The third-order valence-corrected chi connectivity index (χ3v) is 8.77. The molecule has 0 atom stereocenters. The van der Waals surface area contributed by atoms with Crippen molar-refractivity contribution in [2.45, 2.75) is 43.6 Å². The molecule has 2 aliphatic rings. The quantitative estimate of drug-likeness (QED) is 0.359.